The van der Waals surface area contributed by atoms with Crippen molar-refractivity contribution >= 4 is 16.7 Å². The second-order valence-corrected chi connectivity index (χ2v) is 9.18. The standard InChI is InChI=1S/C30H27FO6/c31-27-7-2-1-6-24(27)29-23-9-8-22(13-20(23)14-25(30(34)35)26(29)16-32)37-17-18-4-3-5-19(12-18)28-15-21(33)10-11-36-28/h1-9,12-14,21,28,32-33H,10-11,15-17H2,(H,34,35). The molecule has 1 heterocycles. The average Bonchev–Trinajstić information content (AvgIpc) is 2.91. The van der Waals surface area contributed by atoms with Gasteiger partial charge in [0.25, 0.3) is 0 Å². The number of halogens is 1. The molecule has 7 heteroatoms. The number of aromatic carboxylic acids is 1. The van der Waals surface area contributed by atoms with Gasteiger partial charge in [-0.25, -0.2) is 9.18 Å². The van der Waals surface area contributed by atoms with Crippen LogP contribution in [0.25, 0.3) is 21.9 Å². The summed E-state index contributed by atoms with van der Waals surface area (Å²) in [5, 5.41) is 31.0. The first kappa shape index (κ1) is 24.9. The summed E-state index contributed by atoms with van der Waals surface area (Å²) >= 11 is 0. The topological polar surface area (TPSA) is 96.2 Å². The summed E-state index contributed by atoms with van der Waals surface area (Å²) in [7, 11) is 0. The Balaban J connectivity index is 1.47. The number of carbonyl (C=O) groups is 1. The molecular weight excluding hydrogens is 475 g/mol. The lowest BCUT2D eigenvalue weighted by atomic mass is 9.89. The Kier molecular flexibility index (Phi) is 7.19. The predicted molar refractivity (Wildman–Crippen MR) is 137 cm³/mol. The third-order valence-electron chi connectivity index (χ3n) is 6.74. The van der Waals surface area contributed by atoms with Gasteiger partial charge < -0.3 is 24.8 Å². The highest BCUT2D eigenvalue weighted by Gasteiger charge is 2.23. The average molecular weight is 503 g/mol. The molecule has 1 aliphatic heterocycles. The Hall–Kier alpha value is -3.78. The minimum Gasteiger partial charge on any atom is -0.489 e. The van der Waals surface area contributed by atoms with Crippen LogP contribution in [0.2, 0.25) is 0 Å². The number of carboxylic acid groups (broad SMARTS) is 1. The van der Waals surface area contributed by atoms with E-state index in [-0.39, 0.29) is 35.5 Å². The molecule has 0 radical (unpaired) electrons. The van der Waals surface area contributed by atoms with Gasteiger partial charge in [0.05, 0.1) is 24.4 Å². The molecule has 1 saturated heterocycles. The van der Waals surface area contributed by atoms with E-state index in [2.05, 4.69) is 0 Å². The molecule has 4 aromatic rings. The summed E-state index contributed by atoms with van der Waals surface area (Å²) in [5.41, 5.74) is 2.55. The number of hydrogen-bond acceptors (Lipinski definition) is 5. The minimum atomic E-state index is -1.21. The maximum Gasteiger partial charge on any atom is 0.336 e. The summed E-state index contributed by atoms with van der Waals surface area (Å²) in [4.78, 5) is 12.0. The van der Waals surface area contributed by atoms with Crippen LogP contribution in [0.3, 0.4) is 0 Å². The van der Waals surface area contributed by atoms with Crippen molar-refractivity contribution in [3.8, 4) is 16.9 Å². The fourth-order valence-electron chi connectivity index (χ4n) is 4.91. The van der Waals surface area contributed by atoms with Gasteiger partial charge in [-0.2, -0.15) is 0 Å². The van der Waals surface area contributed by atoms with E-state index < -0.39 is 18.4 Å². The van der Waals surface area contributed by atoms with Gasteiger partial charge in [-0.15, -0.1) is 0 Å². The van der Waals surface area contributed by atoms with E-state index in [1.54, 1.807) is 36.4 Å². The van der Waals surface area contributed by atoms with Crippen molar-refractivity contribution in [2.24, 2.45) is 0 Å². The zero-order chi connectivity index (χ0) is 25.9. The zero-order valence-corrected chi connectivity index (χ0v) is 20.1. The Morgan fingerprint density at radius 3 is 2.65 bits per heavy atom. The minimum absolute atomic E-state index is 0.0900. The number of ether oxygens (including phenoxy) is 2. The van der Waals surface area contributed by atoms with E-state index in [0.717, 1.165) is 11.1 Å². The summed E-state index contributed by atoms with van der Waals surface area (Å²) in [6.45, 7) is 0.252. The number of rotatable bonds is 7. The quantitative estimate of drug-likeness (QED) is 0.303. The number of aliphatic hydroxyl groups excluding tert-OH is 2. The van der Waals surface area contributed by atoms with Crippen LogP contribution in [-0.4, -0.2) is 34.0 Å². The lowest BCUT2D eigenvalue weighted by Crippen LogP contribution is -2.23. The van der Waals surface area contributed by atoms with Gasteiger partial charge in [0, 0.05) is 24.2 Å². The molecule has 0 saturated carbocycles. The molecule has 4 aromatic carbocycles. The molecule has 5 rings (SSSR count). The third kappa shape index (κ3) is 5.20. The van der Waals surface area contributed by atoms with E-state index in [0.29, 0.717) is 41.5 Å². The zero-order valence-electron chi connectivity index (χ0n) is 20.1. The normalized spacial score (nSPS) is 17.6. The molecule has 2 atom stereocenters. The molecule has 0 aliphatic carbocycles. The molecule has 1 fully saturated rings. The first-order valence-electron chi connectivity index (χ1n) is 12.1. The van der Waals surface area contributed by atoms with Crippen LogP contribution < -0.4 is 4.74 Å². The molecular formula is C30H27FO6. The lowest BCUT2D eigenvalue weighted by molar-refractivity contribution is -0.0448. The molecule has 3 N–H and O–H groups in total. The summed E-state index contributed by atoms with van der Waals surface area (Å²) < 4.78 is 26.6. The second kappa shape index (κ2) is 10.7. The fraction of sp³-hybridized carbons (Fsp3) is 0.233. The molecule has 0 amide bonds. The van der Waals surface area contributed by atoms with E-state index in [9.17, 15) is 24.5 Å². The SMILES string of the molecule is O=C(O)c1cc2cc(OCc3cccc(C4CC(O)CCO4)c3)ccc2c(-c2ccccc2F)c1CO. The van der Waals surface area contributed by atoms with E-state index in [4.69, 9.17) is 9.47 Å². The largest absolute Gasteiger partial charge is 0.489 e. The van der Waals surface area contributed by atoms with Gasteiger partial charge in [-0.05, 0) is 64.2 Å². The van der Waals surface area contributed by atoms with Crippen molar-refractivity contribution < 1.29 is 34.0 Å². The first-order chi connectivity index (χ1) is 17.9. The summed E-state index contributed by atoms with van der Waals surface area (Å²) in [5.74, 6) is -1.19. The van der Waals surface area contributed by atoms with Crippen molar-refractivity contribution in [1.82, 2.24) is 0 Å². The fourth-order valence-corrected chi connectivity index (χ4v) is 4.91. The van der Waals surface area contributed by atoms with Crippen LogP contribution in [0.1, 0.15) is 46.0 Å². The van der Waals surface area contributed by atoms with Gasteiger partial charge in [0.2, 0.25) is 0 Å². The Morgan fingerprint density at radius 1 is 1.05 bits per heavy atom. The van der Waals surface area contributed by atoms with Crippen molar-refractivity contribution in [1.29, 1.82) is 0 Å². The van der Waals surface area contributed by atoms with Crippen LogP contribution in [-0.2, 0) is 18.0 Å². The molecule has 1 aliphatic rings. The van der Waals surface area contributed by atoms with Gasteiger partial charge in [0.15, 0.2) is 0 Å². The number of aliphatic hydroxyl groups is 2. The van der Waals surface area contributed by atoms with E-state index in [1.165, 1.54) is 12.1 Å². The molecule has 2 unspecified atom stereocenters. The van der Waals surface area contributed by atoms with E-state index in [1.807, 2.05) is 24.3 Å². The van der Waals surface area contributed by atoms with Crippen molar-refractivity contribution in [3.63, 3.8) is 0 Å². The van der Waals surface area contributed by atoms with Gasteiger partial charge in [-0.3, -0.25) is 0 Å². The molecule has 0 spiro atoms. The smallest absolute Gasteiger partial charge is 0.336 e. The van der Waals surface area contributed by atoms with Crippen molar-refractivity contribution in [2.75, 3.05) is 6.61 Å². The van der Waals surface area contributed by atoms with Crippen LogP contribution in [0.5, 0.6) is 5.75 Å². The molecule has 0 bridgehead atoms. The number of fused-ring (bicyclic) bond motifs is 1. The highest BCUT2D eigenvalue weighted by Crippen LogP contribution is 2.38. The number of hydrogen-bond donors (Lipinski definition) is 3. The Labute approximate surface area is 213 Å². The van der Waals surface area contributed by atoms with Gasteiger partial charge in [0.1, 0.15) is 18.2 Å². The molecule has 37 heavy (non-hydrogen) atoms. The van der Waals surface area contributed by atoms with Crippen molar-refractivity contribution in [3.05, 3.63) is 101 Å². The van der Waals surface area contributed by atoms with Crippen LogP contribution in [0.4, 0.5) is 4.39 Å². The monoisotopic (exact) mass is 502 g/mol. The predicted octanol–water partition coefficient (Wildman–Crippen LogP) is 5.63. The Morgan fingerprint density at radius 2 is 1.89 bits per heavy atom. The maximum absolute atomic E-state index is 14.8. The molecule has 6 nitrogen and oxygen atoms in total. The highest BCUT2D eigenvalue weighted by molar-refractivity contribution is 6.05. The third-order valence-corrected chi connectivity index (χ3v) is 6.74. The molecule has 0 aromatic heterocycles. The van der Waals surface area contributed by atoms with Crippen molar-refractivity contribution in [2.45, 2.75) is 38.3 Å². The van der Waals surface area contributed by atoms with Gasteiger partial charge in [-0.1, -0.05) is 42.5 Å². The van der Waals surface area contributed by atoms with Gasteiger partial charge >= 0.3 is 5.97 Å². The second-order valence-electron chi connectivity index (χ2n) is 9.18. The van der Waals surface area contributed by atoms with Crippen LogP contribution >= 0.6 is 0 Å². The maximum atomic E-state index is 14.8. The van der Waals surface area contributed by atoms with Crippen LogP contribution in [0, 0.1) is 5.82 Å². The number of carboxylic acids is 1. The highest BCUT2D eigenvalue weighted by atomic mass is 19.1. The molecule has 190 valence electrons. The first-order valence-corrected chi connectivity index (χ1v) is 12.1. The Bertz CT molecular complexity index is 1450. The summed E-state index contributed by atoms with van der Waals surface area (Å²) in [6.07, 6.45) is 0.675. The van der Waals surface area contributed by atoms with E-state index >= 15 is 0 Å². The summed E-state index contributed by atoms with van der Waals surface area (Å²) in [6, 6.07) is 20.6. The lowest BCUT2D eigenvalue weighted by Gasteiger charge is -2.27. The number of benzene rings is 4. The van der Waals surface area contributed by atoms with Crippen LogP contribution in [0.15, 0.2) is 72.8 Å².